The number of fused-ring (bicyclic) bond motifs is 7. The van der Waals surface area contributed by atoms with Crippen LogP contribution in [-0.2, 0) is 9.53 Å². The van der Waals surface area contributed by atoms with Gasteiger partial charge in [-0.15, -0.1) is 0 Å². The number of carbonyl (C=O) groups excluding carboxylic acids is 2. The van der Waals surface area contributed by atoms with Gasteiger partial charge >= 0.3 is 5.97 Å². The maximum atomic E-state index is 12.2. The van der Waals surface area contributed by atoms with Crippen LogP contribution in [0.2, 0.25) is 0 Å². The number of aliphatic imine (C=N–C) groups is 1. The standard InChI is InChI=1S/C21H11N3O4/c25-13-3-11-5-18-20-12(7-24(18)8-16(11)21(26)27-9-13)4-14-15-6-22-10-28-19(15)2-1-17(14)23-20/h1-8,10H,9H2. The molecule has 134 valence electrons. The van der Waals surface area contributed by atoms with E-state index in [9.17, 15) is 9.59 Å². The first-order valence-corrected chi connectivity index (χ1v) is 8.66. The zero-order chi connectivity index (χ0) is 18.8. The first-order chi connectivity index (χ1) is 13.7. The Balaban J connectivity index is 1.73. The molecule has 7 heteroatoms. The summed E-state index contributed by atoms with van der Waals surface area (Å²) in [5.41, 5.74) is 2.77. The normalized spacial score (nSPS) is 15.4. The van der Waals surface area contributed by atoms with Gasteiger partial charge in [0.25, 0.3) is 0 Å². The van der Waals surface area contributed by atoms with Crippen molar-refractivity contribution in [1.82, 2.24) is 9.38 Å². The highest BCUT2D eigenvalue weighted by molar-refractivity contribution is 6.11. The molecule has 2 aliphatic rings. The first-order valence-electron chi connectivity index (χ1n) is 8.66. The number of esters is 1. The van der Waals surface area contributed by atoms with Crippen LogP contribution in [0.5, 0.6) is 5.75 Å². The summed E-state index contributed by atoms with van der Waals surface area (Å²) in [7, 11) is 0. The molecule has 0 saturated heterocycles. The monoisotopic (exact) mass is 369 g/mol. The van der Waals surface area contributed by atoms with Gasteiger partial charge in [0.1, 0.15) is 5.75 Å². The Morgan fingerprint density at radius 2 is 2.04 bits per heavy atom. The van der Waals surface area contributed by atoms with Gasteiger partial charge in [-0.05, 0) is 35.6 Å². The third kappa shape index (κ3) is 2.04. The topological polar surface area (TPSA) is 82.3 Å². The smallest absolute Gasteiger partial charge is 0.340 e. The lowest BCUT2D eigenvalue weighted by Gasteiger charge is -2.07. The van der Waals surface area contributed by atoms with Crippen molar-refractivity contribution in [2.45, 2.75) is 0 Å². The van der Waals surface area contributed by atoms with Crippen LogP contribution < -0.4 is 15.2 Å². The number of ketones is 1. The number of benzene rings is 1. The number of aromatic nitrogens is 2. The summed E-state index contributed by atoms with van der Waals surface area (Å²) in [5.74, 6) is -0.0167. The maximum Gasteiger partial charge on any atom is 0.340 e. The number of hydrogen-bond acceptors (Lipinski definition) is 6. The molecular weight excluding hydrogens is 358 g/mol. The molecule has 3 aromatic heterocycles. The van der Waals surface area contributed by atoms with Gasteiger partial charge in [0.15, 0.2) is 18.8 Å². The molecule has 0 aliphatic carbocycles. The average Bonchev–Trinajstić information content (AvgIpc) is 2.99. The second-order valence-corrected chi connectivity index (χ2v) is 6.72. The minimum Gasteiger partial charge on any atom is -0.454 e. The predicted octanol–water partition coefficient (Wildman–Crippen LogP) is 1.32. The minimum absolute atomic E-state index is 0.238. The third-order valence-corrected chi connectivity index (χ3v) is 5.03. The second kappa shape index (κ2) is 5.26. The van der Waals surface area contributed by atoms with Crippen LogP contribution in [0.3, 0.4) is 0 Å². The fraction of sp³-hybridized carbons (Fsp3) is 0.0476. The molecule has 7 nitrogen and oxygen atoms in total. The van der Waals surface area contributed by atoms with Crippen LogP contribution >= 0.6 is 0 Å². The van der Waals surface area contributed by atoms with Crippen molar-refractivity contribution in [3.8, 4) is 5.75 Å². The molecule has 0 atom stereocenters. The first kappa shape index (κ1) is 15.1. The number of rotatable bonds is 0. The molecule has 0 N–H and O–H groups in total. The summed E-state index contributed by atoms with van der Waals surface area (Å²) < 4.78 is 12.3. The lowest BCUT2D eigenvalue weighted by Crippen LogP contribution is -2.16. The van der Waals surface area contributed by atoms with Gasteiger partial charge in [-0.2, -0.15) is 0 Å². The van der Waals surface area contributed by atoms with Gasteiger partial charge in [-0.1, -0.05) is 0 Å². The molecular formula is C21H11N3O4. The molecule has 28 heavy (non-hydrogen) atoms. The van der Waals surface area contributed by atoms with E-state index in [2.05, 4.69) is 4.99 Å². The molecule has 1 aromatic carbocycles. The summed E-state index contributed by atoms with van der Waals surface area (Å²) in [6, 6.07) is 7.60. The Bertz CT molecular complexity index is 1530. The summed E-state index contributed by atoms with van der Waals surface area (Å²) in [6.45, 7) is -0.238. The van der Waals surface area contributed by atoms with Crippen LogP contribution in [0.1, 0.15) is 10.4 Å². The summed E-state index contributed by atoms with van der Waals surface area (Å²) >= 11 is 0. The molecule has 5 heterocycles. The van der Waals surface area contributed by atoms with Crippen LogP contribution in [0.4, 0.5) is 0 Å². The lowest BCUT2D eigenvalue weighted by molar-refractivity contribution is -0.116. The highest BCUT2D eigenvalue weighted by atomic mass is 16.5. The van der Waals surface area contributed by atoms with Crippen molar-refractivity contribution in [2.75, 3.05) is 6.61 Å². The Hall–Kier alpha value is -4.00. The van der Waals surface area contributed by atoms with E-state index in [-0.39, 0.29) is 12.4 Å². The number of hydrogen-bond donors (Lipinski definition) is 0. The lowest BCUT2D eigenvalue weighted by atomic mass is 10.1. The van der Waals surface area contributed by atoms with Crippen molar-refractivity contribution < 1.29 is 19.1 Å². The van der Waals surface area contributed by atoms with E-state index in [1.54, 1.807) is 18.5 Å². The number of cyclic esters (lactones) is 1. The SMILES string of the molecule is O=C1C=c2cc3c4nc5ccc6c(c5cc4cn3cc2C(=O)OC1)=CN=CO6. The molecule has 2 aliphatic heterocycles. The summed E-state index contributed by atoms with van der Waals surface area (Å²) in [5, 5.41) is 3.26. The Morgan fingerprint density at radius 3 is 2.96 bits per heavy atom. The largest absolute Gasteiger partial charge is 0.454 e. The third-order valence-electron chi connectivity index (χ3n) is 5.03. The molecule has 0 unspecified atom stereocenters. The van der Waals surface area contributed by atoms with Gasteiger partial charge < -0.3 is 13.9 Å². The minimum atomic E-state index is -0.506. The second-order valence-electron chi connectivity index (χ2n) is 6.72. The van der Waals surface area contributed by atoms with Gasteiger partial charge in [0, 0.05) is 34.6 Å². The fourth-order valence-corrected chi connectivity index (χ4v) is 3.74. The van der Waals surface area contributed by atoms with E-state index in [1.807, 2.05) is 28.8 Å². The van der Waals surface area contributed by atoms with E-state index in [1.165, 1.54) is 12.5 Å². The van der Waals surface area contributed by atoms with Crippen molar-refractivity contribution in [1.29, 1.82) is 0 Å². The van der Waals surface area contributed by atoms with Gasteiger partial charge in [0.2, 0.25) is 0 Å². The van der Waals surface area contributed by atoms with Crippen molar-refractivity contribution in [3.05, 3.63) is 52.7 Å². The van der Waals surface area contributed by atoms with Crippen molar-refractivity contribution in [2.24, 2.45) is 4.99 Å². The van der Waals surface area contributed by atoms with Gasteiger partial charge in [-0.3, -0.25) is 4.79 Å². The van der Waals surface area contributed by atoms with Crippen LogP contribution in [0.15, 0.2) is 41.7 Å². The van der Waals surface area contributed by atoms with Gasteiger partial charge in [0.05, 0.1) is 22.1 Å². The van der Waals surface area contributed by atoms with Crippen LogP contribution in [-0.4, -0.2) is 34.1 Å². The highest BCUT2D eigenvalue weighted by Crippen LogP contribution is 2.25. The molecule has 0 amide bonds. The summed E-state index contributed by atoms with van der Waals surface area (Å²) in [6.07, 6.45) is 8.19. The number of nitrogens with zero attached hydrogens (tertiary/aromatic N) is 3. The number of carbonyl (C=O) groups is 2. The van der Waals surface area contributed by atoms with Crippen LogP contribution in [0, 0.1) is 0 Å². The zero-order valence-corrected chi connectivity index (χ0v) is 14.4. The van der Waals surface area contributed by atoms with E-state index >= 15 is 0 Å². The number of ether oxygens (including phenoxy) is 2. The number of pyridine rings is 2. The molecule has 0 radical (unpaired) electrons. The van der Waals surface area contributed by atoms with E-state index in [4.69, 9.17) is 14.5 Å². The Kier molecular flexibility index (Phi) is 2.84. The quantitative estimate of drug-likeness (QED) is 0.437. The summed E-state index contributed by atoms with van der Waals surface area (Å²) in [4.78, 5) is 33.0. The van der Waals surface area contributed by atoms with Gasteiger partial charge in [-0.25, -0.2) is 14.8 Å². The Labute approximate surface area is 156 Å². The Morgan fingerprint density at radius 1 is 1.11 bits per heavy atom. The molecule has 6 rings (SSSR count). The van der Waals surface area contributed by atoms with Crippen LogP contribution in [0.25, 0.3) is 39.6 Å². The maximum absolute atomic E-state index is 12.2. The molecule has 4 aromatic rings. The molecule has 0 fully saturated rings. The van der Waals surface area contributed by atoms with E-state index in [0.29, 0.717) is 10.8 Å². The van der Waals surface area contributed by atoms with Crippen molar-refractivity contribution in [3.63, 3.8) is 0 Å². The molecule has 0 bridgehead atoms. The van der Waals surface area contributed by atoms with E-state index < -0.39 is 5.97 Å². The number of Topliss-reactive ketones (excluding diaryl/α,β-unsaturated/α-hetero) is 1. The van der Waals surface area contributed by atoms with Crippen molar-refractivity contribution >= 4 is 57.8 Å². The molecule has 0 spiro atoms. The van der Waals surface area contributed by atoms with E-state index in [0.717, 1.165) is 38.3 Å². The zero-order valence-electron chi connectivity index (χ0n) is 14.4. The highest BCUT2D eigenvalue weighted by Gasteiger charge is 2.18. The fourth-order valence-electron chi connectivity index (χ4n) is 3.74. The average molecular weight is 369 g/mol. The molecule has 0 saturated carbocycles. The predicted molar refractivity (Wildman–Crippen MR) is 103 cm³/mol.